The van der Waals surface area contributed by atoms with Gasteiger partial charge in [-0.15, -0.1) is 0 Å². The largest absolute Gasteiger partial charge is 0.309 e. The summed E-state index contributed by atoms with van der Waals surface area (Å²) in [7, 11) is 0. The van der Waals surface area contributed by atoms with Gasteiger partial charge in [0, 0.05) is 18.0 Å². The van der Waals surface area contributed by atoms with Gasteiger partial charge in [0.15, 0.2) is 0 Å². The third-order valence-corrected chi connectivity index (χ3v) is 2.93. The maximum atomic E-state index is 11.7. The van der Waals surface area contributed by atoms with Gasteiger partial charge in [0.25, 0.3) is 0 Å². The number of amides is 1. The second-order valence-electron chi connectivity index (χ2n) is 4.16. The first-order chi connectivity index (χ1) is 8.26. The van der Waals surface area contributed by atoms with E-state index in [2.05, 4.69) is 29.1 Å². The smallest absolute Gasteiger partial charge is 0.250 e. The molecule has 1 aliphatic rings. The monoisotopic (exact) mass is 231 g/mol. The highest BCUT2D eigenvalue weighted by Gasteiger charge is 2.26. The summed E-state index contributed by atoms with van der Waals surface area (Å²) in [4.78, 5) is 20.3. The highest BCUT2D eigenvalue weighted by molar-refractivity contribution is 6.14. The molecule has 4 heteroatoms. The Morgan fingerprint density at radius 3 is 2.94 bits per heavy atom. The van der Waals surface area contributed by atoms with E-state index in [0.717, 1.165) is 30.4 Å². The third kappa shape index (κ3) is 2.35. The predicted molar refractivity (Wildman–Crippen MR) is 67.0 cm³/mol. The van der Waals surface area contributed by atoms with Gasteiger partial charge in [-0.05, 0) is 24.5 Å². The van der Waals surface area contributed by atoms with E-state index in [0.29, 0.717) is 5.84 Å². The van der Waals surface area contributed by atoms with Crippen LogP contribution in [-0.2, 0) is 11.2 Å². The van der Waals surface area contributed by atoms with Crippen molar-refractivity contribution in [2.45, 2.75) is 39.2 Å². The first-order valence-electron chi connectivity index (χ1n) is 6.08. The van der Waals surface area contributed by atoms with E-state index in [4.69, 9.17) is 0 Å². The van der Waals surface area contributed by atoms with Crippen LogP contribution in [0.1, 0.15) is 37.8 Å². The van der Waals surface area contributed by atoms with E-state index in [-0.39, 0.29) is 11.9 Å². The van der Waals surface area contributed by atoms with Gasteiger partial charge in [-0.1, -0.05) is 20.3 Å². The zero-order valence-electron chi connectivity index (χ0n) is 10.2. The molecule has 0 aromatic carbocycles. The van der Waals surface area contributed by atoms with E-state index >= 15 is 0 Å². The van der Waals surface area contributed by atoms with Crippen molar-refractivity contribution >= 4 is 11.7 Å². The molecule has 1 N–H and O–H groups in total. The number of carbonyl (C=O) groups excluding carboxylic acids is 1. The molecule has 0 saturated carbocycles. The van der Waals surface area contributed by atoms with Gasteiger partial charge in [-0.2, -0.15) is 0 Å². The molecule has 1 amide bonds. The van der Waals surface area contributed by atoms with Gasteiger partial charge in [-0.25, -0.2) is 0 Å². The summed E-state index contributed by atoms with van der Waals surface area (Å²) in [5.74, 6) is 0.716. The molecule has 0 radical (unpaired) electrons. The molecule has 0 fully saturated rings. The van der Waals surface area contributed by atoms with Crippen LogP contribution in [0.4, 0.5) is 0 Å². The molecule has 1 aromatic heterocycles. The molecular formula is C13H17N3O. The molecular weight excluding hydrogens is 214 g/mol. The Morgan fingerprint density at radius 1 is 1.41 bits per heavy atom. The fourth-order valence-corrected chi connectivity index (χ4v) is 1.99. The zero-order valence-corrected chi connectivity index (χ0v) is 10.2. The molecule has 2 heterocycles. The lowest BCUT2D eigenvalue weighted by Crippen LogP contribution is -2.29. The van der Waals surface area contributed by atoms with E-state index in [1.807, 2.05) is 12.3 Å². The molecule has 1 unspecified atom stereocenters. The molecule has 1 aromatic rings. The summed E-state index contributed by atoms with van der Waals surface area (Å²) in [5.41, 5.74) is 2.11. The van der Waals surface area contributed by atoms with E-state index in [1.54, 1.807) is 6.20 Å². The molecule has 0 spiro atoms. The quantitative estimate of drug-likeness (QED) is 0.857. The van der Waals surface area contributed by atoms with Crippen LogP contribution < -0.4 is 5.32 Å². The number of pyridine rings is 1. The van der Waals surface area contributed by atoms with Crippen LogP contribution in [0, 0.1) is 0 Å². The number of nitrogens with one attached hydrogen (secondary N) is 1. The Morgan fingerprint density at radius 2 is 2.24 bits per heavy atom. The number of rotatable bonds is 4. The highest BCUT2D eigenvalue weighted by Crippen LogP contribution is 2.15. The number of hydrogen-bond donors (Lipinski definition) is 1. The number of amidine groups is 1. The van der Waals surface area contributed by atoms with Crippen LogP contribution in [0.25, 0.3) is 0 Å². The van der Waals surface area contributed by atoms with Crippen molar-refractivity contribution in [1.82, 2.24) is 10.3 Å². The topological polar surface area (TPSA) is 54.4 Å². The summed E-state index contributed by atoms with van der Waals surface area (Å²) in [6.45, 7) is 4.13. The summed E-state index contributed by atoms with van der Waals surface area (Å²) in [5, 5.41) is 2.86. The fraction of sp³-hybridized carbons (Fsp3) is 0.462. The van der Waals surface area contributed by atoms with Gasteiger partial charge in [-0.3, -0.25) is 14.8 Å². The molecule has 2 rings (SSSR count). The van der Waals surface area contributed by atoms with Crippen LogP contribution in [0.3, 0.4) is 0 Å². The molecule has 17 heavy (non-hydrogen) atoms. The van der Waals surface area contributed by atoms with Gasteiger partial charge in [0.1, 0.15) is 11.9 Å². The van der Waals surface area contributed by atoms with Crippen molar-refractivity contribution in [1.29, 1.82) is 0 Å². The average Bonchev–Trinajstić information content (AvgIpc) is 2.71. The molecule has 90 valence electrons. The summed E-state index contributed by atoms with van der Waals surface area (Å²) < 4.78 is 0. The van der Waals surface area contributed by atoms with Crippen LogP contribution in [0.2, 0.25) is 0 Å². The average molecular weight is 231 g/mol. The number of carbonyl (C=O) groups is 1. The Labute approximate surface area is 101 Å². The minimum Gasteiger partial charge on any atom is -0.309 e. The van der Waals surface area contributed by atoms with Crippen molar-refractivity contribution in [3.63, 3.8) is 0 Å². The number of aliphatic imine (C=N–C) groups is 1. The van der Waals surface area contributed by atoms with Gasteiger partial charge < -0.3 is 5.32 Å². The van der Waals surface area contributed by atoms with Crippen LogP contribution >= 0.6 is 0 Å². The second kappa shape index (κ2) is 5.08. The summed E-state index contributed by atoms with van der Waals surface area (Å²) >= 11 is 0. The molecule has 0 aliphatic carbocycles. The molecule has 4 nitrogen and oxygen atoms in total. The minimum atomic E-state index is -0.215. The first kappa shape index (κ1) is 11.8. The van der Waals surface area contributed by atoms with Gasteiger partial charge in [0.2, 0.25) is 5.91 Å². The Balaban J connectivity index is 2.29. The summed E-state index contributed by atoms with van der Waals surface area (Å²) in [6, 6.07) is 1.69. The first-order valence-corrected chi connectivity index (χ1v) is 6.08. The highest BCUT2D eigenvalue weighted by atomic mass is 16.2. The van der Waals surface area contributed by atoms with Crippen molar-refractivity contribution in [2.24, 2.45) is 4.99 Å². The van der Waals surface area contributed by atoms with Crippen molar-refractivity contribution in [2.75, 3.05) is 0 Å². The van der Waals surface area contributed by atoms with Crippen molar-refractivity contribution in [3.8, 4) is 0 Å². The van der Waals surface area contributed by atoms with E-state index in [9.17, 15) is 4.79 Å². The minimum absolute atomic E-state index is 0.0146. The van der Waals surface area contributed by atoms with E-state index < -0.39 is 0 Å². The van der Waals surface area contributed by atoms with E-state index in [1.165, 1.54) is 0 Å². The summed E-state index contributed by atoms with van der Waals surface area (Å²) in [6.07, 6.45) is 6.22. The molecule has 0 saturated heterocycles. The lowest BCUT2D eigenvalue weighted by atomic mass is 10.1. The Kier molecular flexibility index (Phi) is 3.52. The van der Waals surface area contributed by atoms with Crippen LogP contribution in [0.5, 0.6) is 0 Å². The Bertz CT molecular complexity index is 454. The SMILES string of the molecule is CCCC1N=C(c2ccncc2CC)NC1=O. The number of aryl methyl sites for hydroxylation is 1. The normalized spacial score (nSPS) is 19.1. The predicted octanol–water partition coefficient (Wildman–Crippen LogP) is 1.69. The number of hydrogen-bond acceptors (Lipinski definition) is 3. The lowest BCUT2D eigenvalue weighted by molar-refractivity contribution is -0.120. The zero-order chi connectivity index (χ0) is 12.3. The van der Waals surface area contributed by atoms with Crippen LogP contribution in [-0.4, -0.2) is 22.8 Å². The number of aromatic nitrogens is 1. The standard InChI is InChI=1S/C13H17N3O/c1-3-5-11-13(17)16-12(15-11)10-6-7-14-8-9(10)4-2/h6-8,11H,3-5H2,1-2H3,(H,15,16,17). The number of nitrogens with zero attached hydrogens (tertiary/aromatic N) is 2. The Hall–Kier alpha value is -1.71. The maximum Gasteiger partial charge on any atom is 0.250 e. The van der Waals surface area contributed by atoms with Gasteiger partial charge in [0.05, 0.1) is 0 Å². The van der Waals surface area contributed by atoms with Crippen LogP contribution in [0.15, 0.2) is 23.5 Å². The van der Waals surface area contributed by atoms with Gasteiger partial charge >= 0.3 is 0 Å². The molecule has 0 bridgehead atoms. The van der Waals surface area contributed by atoms with Crippen molar-refractivity contribution < 1.29 is 4.79 Å². The third-order valence-electron chi connectivity index (χ3n) is 2.93. The second-order valence-corrected chi connectivity index (χ2v) is 4.16. The van der Waals surface area contributed by atoms with Crippen molar-refractivity contribution in [3.05, 3.63) is 29.6 Å². The maximum absolute atomic E-state index is 11.7. The fourth-order valence-electron chi connectivity index (χ4n) is 1.99. The molecule has 1 atom stereocenters. The lowest BCUT2D eigenvalue weighted by Gasteiger charge is -2.05. The molecule has 1 aliphatic heterocycles.